The van der Waals surface area contributed by atoms with Gasteiger partial charge in [-0.2, -0.15) is 0 Å². The van der Waals surface area contributed by atoms with Crippen LogP contribution in [0, 0.1) is 0 Å². The molecule has 100 valence electrons. The Morgan fingerprint density at radius 1 is 1.32 bits per heavy atom. The van der Waals surface area contributed by atoms with Gasteiger partial charge in [0.05, 0.1) is 17.8 Å². The molecule has 2 aromatic rings. The van der Waals surface area contributed by atoms with Gasteiger partial charge >= 0.3 is 0 Å². The topological polar surface area (TPSA) is 67.2 Å². The van der Waals surface area contributed by atoms with Crippen molar-refractivity contribution >= 4 is 22.9 Å². The van der Waals surface area contributed by atoms with Gasteiger partial charge in [-0.1, -0.05) is 19.1 Å². The van der Waals surface area contributed by atoms with Gasteiger partial charge in [-0.05, 0) is 35.6 Å². The lowest BCUT2D eigenvalue weighted by Crippen LogP contribution is -2.24. The van der Waals surface area contributed by atoms with Crippen molar-refractivity contribution in [3.8, 4) is 0 Å². The summed E-state index contributed by atoms with van der Waals surface area (Å²) >= 11 is 1.67. The minimum Gasteiger partial charge on any atom is -0.347 e. The molecule has 0 bridgehead atoms. The first-order chi connectivity index (χ1) is 9.26. The van der Waals surface area contributed by atoms with Crippen molar-refractivity contribution in [3.05, 3.63) is 51.7 Å². The lowest BCUT2D eigenvalue weighted by molar-refractivity contribution is 0.0952. The lowest BCUT2D eigenvalue weighted by atomic mass is 10.1. The Morgan fingerprint density at radius 2 is 2.11 bits per heavy atom. The number of amides is 1. The molecule has 1 heterocycles. The Bertz CT molecular complexity index is 565. The highest BCUT2D eigenvalue weighted by molar-refractivity contribution is 7.10. The van der Waals surface area contributed by atoms with Crippen molar-refractivity contribution in [1.29, 1.82) is 0 Å². The molecule has 2 rings (SSSR count). The van der Waals surface area contributed by atoms with Crippen LogP contribution >= 0.6 is 11.3 Å². The first-order valence-corrected chi connectivity index (χ1v) is 7.03. The molecule has 0 saturated carbocycles. The van der Waals surface area contributed by atoms with E-state index in [9.17, 15) is 4.79 Å². The molecule has 4 N–H and O–H groups in total. The van der Waals surface area contributed by atoms with E-state index in [0.29, 0.717) is 17.8 Å². The zero-order chi connectivity index (χ0) is 13.7. The SMILES string of the molecule is CCc1ccsc1CNC(=O)c1ccccc1NN. The van der Waals surface area contributed by atoms with Crippen molar-refractivity contribution in [3.63, 3.8) is 0 Å². The molecule has 0 aliphatic rings. The van der Waals surface area contributed by atoms with Crippen LogP contribution in [-0.4, -0.2) is 5.91 Å². The van der Waals surface area contributed by atoms with Crippen LogP contribution in [-0.2, 0) is 13.0 Å². The number of nitrogens with two attached hydrogens (primary N) is 1. The number of nitrogens with one attached hydrogen (secondary N) is 2. The maximum absolute atomic E-state index is 12.1. The van der Waals surface area contributed by atoms with Crippen LogP contribution in [0.5, 0.6) is 0 Å². The summed E-state index contributed by atoms with van der Waals surface area (Å²) in [7, 11) is 0. The molecular formula is C14H17N3OS. The maximum Gasteiger partial charge on any atom is 0.253 e. The number of carbonyl (C=O) groups is 1. The average Bonchev–Trinajstić information content (AvgIpc) is 2.92. The highest BCUT2D eigenvalue weighted by Gasteiger charge is 2.11. The van der Waals surface area contributed by atoms with E-state index < -0.39 is 0 Å². The number of carbonyl (C=O) groups excluding carboxylic acids is 1. The summed E-state index contributed by atoms with van der Waals surface area (Å²) in [5.41, 5.74) is 5.00. The number of para-hydroxylation sites is 1. The molecule has 0 atom stereocenters. The number of rotatable bonds is 5. The fourth-order valence-electron chi connectivity index (χ4n) is 1.90. The lowest BCUT2D eigenvalue weighted by Gasteiger charge is -2.09. The zero-order valence-corrected chi connectivity index (χ0v) is 11.6. The molecule has 1 aromatic heterocycles. The van der Waals surface area contributed by atoms with Gasteiger partial charge in [0.1, 0.15) is 0 Å². The fourth-order valence-corrected chi connectivity index (χ4v) is 2.82. The second-order valence-electron chi connectivity index (χ2n) is 4.10. The number of nitrogen functional groups attached to an aromatic ring is 1. The molecule has 1 amide bonds. The van der Waals surface area contributed by atoms with Crippen LogP contribution in [0.4, 0.5) is 5.69 Å². The van der Waals surface area contributed by atoms with E-state index in [1.54, 1.807) is 23.5 Å². The van der Waals surface area contributed by atoms with Crippen LogP contribution in [0.15, 0.2) is 35.7 Å². The first-order valence-electron chi connectivity index (χ1n) is 6.15. The van der Waals surface area contributed by atoms with Crippen LogP contribution in [0.1, 0.15) is 27.7 Å². The number of hydrogen-bond donors (Lipinski definition) is 3. The molecule has 5 heteroatoms. The summed E-state index contributed by atoms with van der Waals surface area (Å²) < 4.78 is 0. The minimum atomic E-state index is -0.121. The standard InChI is InChI=1S/C14H17N3OS/c1-2-10-7-8-19-13(10)9-16-14(18)11-5-3-4-6-12(11)17-15/h3-8,17H,2,9,15H2,1H3,(H,16,18). The van der Waals surface area contributed by atoms with Gasteiger partial charge in [0.25, 0.3) is 5.91 Å². The van der Waals surface area contributed by atoms with Crippen LogP contribution in [0.2, 0.25) is 0 Å². The molecule has 0 saturated heterocycles. The molecule has 0 spiro atoms. The summed E-state index contributed by atoms with van der Waals surface area (Å²) in [6.07, 6.45) is 0.982. The molecule has 0 radical (unpaired) electrons. The van der Waals surface area contributed by atoms with Crippen molar-refractivity contribution in [1.82, 2.24) is 5.32 Å². The Balaban J connectivity index is 2.05. The number of hydrazine groups is 1. The Kier molecular flexibility index (Phi) is 4.54. The van der Waals surface area contributed by atoms with Crippen molar-refractivity contribution in [2.45, 2.75) is 19.9 Å². The summed E-state index contributed by atoms with van der Waals surface area (Å²) in [5, 5.41) is 4.98. The van der Waals surface area contributed by atoms with Gasteiger partial charge in [0.15, 0.2) is 0 Å². The summed E-state index contributed by atoms with van der Waals surface area (Å²) in [4.78, 5) is 13.3. The quantitative estimate of drug-likeness (QED) is 0.580. The van der Waals surface area contributed by atoms with E-state index in [1.165, 1.54) is 10.4 Å². The Hall–Kier alpha value is -1.85. The second kappa shape index (κ2) is 6.36. The van der Waals surface area contributed by atoms with Gasteiger partial charge in [0.2, 0.25) is 0 Å². The first kappa shape index (κ1) is 13.6. The Morgan fingerprint density at radius 3 is 2.84 bits per heavy atom. The van der Waals surface area contributed by atoms with E-state index in [1.807, 2.05) is 12.1 Å². The number of aryl methyl sites for hydroxylation is 1. The fraction of sp³-hybridized carbons (Fsp3) is 0.214. The third kappa shape index (κ3) is 3.13. The van der Waals surface area contributed by atoms with Gasteiger partial charge in [-0.25, -0.2) is 0 Å². The molecular weight excluding hydrogens is 258 g/mol. The van der Waals surface area contributed by atoms with E-state index in [2.05, 4.69) is 29.1 Å². The van der Waals surface area contributed by atoms with Gasteiger partial charge < -0.3 is 10.7 Å². The van der Waals surface area contributed by atoms with E-state index in [-0.39, 0.29) is 5.91 Å². The molecule has 4 nitrogen and oxygen atoms in total. The third-order valence-corrected chi connectivity index (χ3v) is 3.92. The third-order valence-electron chi connectivity index (χ3n) is 2.96. The summed E-state index contributed by atoms with van der Waals surface area (Å²) in [6, 6.07) is 9.28. The highest BCUT2D eigenvalue weighted by Crippen LogP contribution is 2.18. The molecule has 19 heavy (non-hydrogen) atoms. The van der Waals surface area contributed by atoms with Crippen molar-refractivity contribution in [2.24, 2.45) is 5.84 Å². The number of hydrogen-bond acceptors (Lipinski definition) is 4. The monoisotopic (exact) mass is 275 g/mol. The van der Waals surface area contributed by atoms with Crippen LogP contribution in [0.25, 0.3) is 0 Å². The molecule has 1 aromatic carbocycles. The molecule has 0 aliphatic carbocycles. The van der Waals surface area contributed by atoms with E-state index >= 15 is 0 Å². The van der Waals surface area contributed by atoms with Gasteiger partial charge in [-0.3, -0.25) is 10.6 Å². The number of anilines is 1. The normalized spacial score (nSPS) is 10.2. The predicted octanol–water partition coefficient (Wildman–Crippen LogP) is 2.53. The van der Waals surface area contributed by atoms with Crippen LogP contribution in [0.3, 0.4) is 0 Å². The minimum absolute atomic E-state index is 0.121. The smallest absolute Gasteiger partial charge is 0.253 e. The molecule has 0 unspecified atom stereocenters. The average molecular weight is 275 g/mol. The largest absolute Gasteiger partial charge is 0.347 e. The maximum atomic E-state index is 12.1. The Labute approximate surface area is 116 Å². The van der Waals surface area contributed by atoms with Crippen LogP contribution < -0.4 is 16.6 Å². The zero-order valence-electron chi connectivity index (χ0n) is 10.8. The summed E-state index contributed by atoms with van der Waals surface area (Å²) in [5.74, 6) is 5.28. The number of benzene rings is 1. The van der Waals surface area contributed by atoms with Gasteiger partial charge in [0, 0.05) is 4.88 Å². The predicted molar refractivity (Wildman–Crippen MR) is 79.1 cm³/mol. The molecule has 0 fully saturated rings. The van der Waals surface area contributed by atoms with E-state index in [4.69, 9.17) is 5.84 Å². The number of thiophene rings is 1. The van der Waals surface area contributed by atoms with Gasteiger partial charge in [-0.15, -0.1) is 11.3 Å². The highest BCUT2D eigenvalue weighted by atomic mass is 32.1. The summed E-state index contributed by atoms with van der Waals surface area (Å²) in [6.45, 7) is 2.67. The molecule has 0 aliphatic heterocycles. The second-order valence-corrected chi connectivity index (χ2v) is 5.10. The van der Waals surface area contributed by atoms with Crippen molar-refractivity contribution in [2.75, 3.05) is 5.43 Å². The van der Waals surface area contributed by atoms with Crippen molar-refractivity contribution < 1.29 is 4.79 Å². The van der Waals surface area contributed by atoms with E-state index in [0.717, 1.165) is 6.42 Å².